The Kier molecular flexibility index (Phi) is 8.54. The summed E-state index contributed by atoms with van der Waals surface area (Å²) in [5.41, 5.74) is 0.788. The fourth-order valence-corrected chi connectivity index (χ4v) is 2.23. The molecule has 2 amide bonds. The van der Waals surface area contributed by atoms with Crippen molar-refractivity contribution in [2.24, 2.45) is 0 Å². The van der Waals surface area contributed by atoms with Crippen molar-refractivity contribution in [1.82, 2.24) is 5.32 Å². The molecule has 2 N–H and O–H groups in total. The lowest BCUT2D eigenvalue weighted by molar-refractivity contribution is -0.124. The van der Waals surface area contributed by atoms with Crippen LogP contribution in [0.2, 0.25) is 0 Å². The summed E-state index contributed by atoms with van der Waals surface area (Å²) in [6.07, 6.45) is 4.25. The molecule has 1 atom stereocenters. The monoisotopic (exact) mass is 334 g/mol. The van der Waals surface area contributed by atoms with Gasteiger partial charge in [-0.2, -0.15) is 0 Å². The first kappa shape index (κ1) is 19.7. The van der Waals surface area contributed by atoms with Gasteiger partial charge in [-0.15, -0.1) is 0 Å². The quantitative estimate of drug-likeness (QED) is 0.537. The standard InChI is InChI=1S/C18H26N2O4/c1-4-5-6-8-13(2)19-17(22)12-24-18(23)15-9-7-10-16(11-15)20-14(3)21/h7,9-11,13H,4-6,8,12H2,1-3H3,(H,19,22)(H,20,21). The molecule has 0 saturated carbocycles. The van der Waals surface area contributed by atoms with Crippen molar-refractivity contribution < 1.29 is 19.1 Å². The van der Waals surface area contributed by atoms with Gasteiger partial charge in [-0.3, -0.25) is 9.59 Å². The van der Waals surface area contributed by atoms with Crippen molar-refractivity contribution in [3.05, 3.63) is 29.8 Å². The highest BCUT2D eigenvalue weighted by molar-refractivity contribution is 5.94. The van der Waals surface area contributed by atoms with Gasteiger partial charge in [0, 0.05) is 18.7 Å². The van der Waals surface area contributed by atoms with Crippen molar-refractivity contribution in [2.75, 3.05) is 11.9 Å². The molecule has 0 aromatic heterocycles. The first-order valence-electron chi connectivity index (χ1n) is 8.26. The van der Waals surface area contributed by atoms with Gasteiger partial charge in [0.15, 0.2) is 6.61 Å². The second-order valence-electron chi connectivity index (χ2n) is 5.80. The molecule has 0 aliphatic heterocycles. The van der Waals surface area contributed by atoms with Crippen LogP contribution in [0.5, 0.6) is 0 Å². The van der Waals surface area contributed by atoms with E-state index in [-0.39, 0.29) is 30.0 Å². The zero-order valence-electron chi connectivity index (χ0n) is 14.6. The van der Waals surface area contributed by atoms with Gasteiger partial charge in [-0.25, -0.2) is 4.79 Å². The molecule has 0 bridgehead atoms. The maximum absolute atomic E-state index is 12.0. The zero-order valence-corrected chi connectivity index (χ0v) is 14.6. The summed E-state index contributed by atoms with van der Waals surface area (Å²) < 4.78 is 5.01. The molecular weight excluding hydrogens is 308 g/mol. The third-order valence-electron chi connectivity index (χ3n) is 3.40. The molecule has 1 unspecified atom stereocenters. The van der Waals surface area contributed by atoms with E-state index in [9.17, 15) is 14.4 Å². The fourth-order valence-electron chi connectivity index (χ4n) is 2.23. The number of esters is 1. The Hall–Kier alpha value is -2.37. The molecule has 0 spiro atoms. The normalized spacial score (nSPS) is 11.5. The Bertz CT molecular complexity index is 572. The molecule has 0 aliphatic rings. The average molecular weight is 334 g/mol. The summed E-state index contributed by atoms with van der Waals surface area (Å²) in [7, 11) is 0. The van der Waals surface area contributed by atoms with Gasteiger partial charge >= 0.3 is 5.97 Å². The van der Waals surface area contributed by atoms with Crippen LogP contribution in [-0.4, -0.2) is 30.4 Å². The SMILES string of the molecule is CCCCCC(C)NC(=O)COC(=O)c1cccc(NC(C)=O)c1. The molecule has 0 saturated heterocycles. The van der Waals surface area contributed by atoms with Crippen molar-refractivity contribution in [3.63, 3.8) is 0 Å². The number of hydrogen-bond acceptors (Lipinski definition) is 4. The zero-order chi connectivity index (χ0) is 17.9. The first-order valence-corrected chi connectivity index (χ1v) is 8.26. The number of amides is 2. The third kappa shape index (κ3) is 7.76. The van der Waals surface area contributed by atoms with Crippen LogP contribution < -0.4 is 10.6 Å². The Labute approximate surface area is 143 Å². The average Bonchev–Trinajstić information content (AvgIpc) is 2.52. The van der Waals surface area contributed by atoms with E-state index in [0.29, 0.717) is 5.69 Å². The van der Waals surface area contributed by atoms with Gasteiger partial charge in [-0.05, 0) is 31.5 Å². The number of hydrogen-bond donors (Lipinski definition) is 2. The van der Waals surface area contributed by atoms with Crippen LogP contribution in [0.25, 0.3) is 0 Å². The van der Waals surface area contributed by atoms with E-state index in [0.717, 1.165) is 25.7 Å². The lowest BCUT2D eigenvalue weighted by Crippen LogP contribution is -2.35. The number of carbonyl (C=O) groups is 3. The maximum Gasteiger partial charge on any atom is 0.338 e. The van der Waals surface area contributed by atoms with E-state index in [1.165, 1.54) is 13.0 Å². The largest absolute Gasteiger partial charge is 0.452 e. The highest BCUT2D eigenvalue weighted by Gasteiger charge is 2.12. The molecule has 1 aromatic carbocycles. The lowest BCUT2D eigenvalue weighted by atomic mass is 10.1. The minimum atomic E-state index is -0.601. The summed E-state index contributed by atoms with van der Waals surface area (Å²) in [4.78, 5) is 34.8. The number of rotatable bonds is 9. The molecule has 1 rings (SSSR count). The van der Waals surface area contributed by atoms with Gasteiger partial charge in [0.25, 0.3) is 5.91 Å². The summed E-state index contributed by atoms with van der Waals surface area (Å²) in [5.74, 6) is -1.14. The van der Waals surface area contributed by atoms with Crippen LogP contribution in [0.15, 0.2) is 24.3 Å². The van der Waals surface area contributed by atoms with Gasteiger partial charge in [0.2, 0.25) is 5.91 Å². The number of ether oxygens (including phenoxy) is 1. The summed E-state index contributed by atoms with van der Waals surface area (Å²) in [5, 5.41) is 5.40. The van der Waals surface area contributed by atoms with Crippen molar-refractivity contribution in [2.45, 2.75) is 52.5 Å². The second kappa shape index (κ2) is 10.4. The molecule has 0 fully saturated rings. The third-order valence-corrected chi connectivity index (χ3v) is 3.40. The van der Waals surface area contributed by atoms with Crippen molar-refractivity contribution in [3.8, 4) is 0 Å². The predicted molar refractivity (Wildman–Crippen MR) is 92.8 cm³/mol. The molecule has 6 heteroatoms. The van der Waals surface area contributed by atoms with Crippen LogP contribution in [0.4, 0.5) is 5.69 Å². The summed E-state index contributed by atoms with van der Waals surface area (Å²) in [6.45, 7) is 5.13. The Morgan fingerprint density at radius 3 is 2.62 bits per heavy atom. The molecule has 1 aromatic rings. The topological polar surface area (TPSA) is 84.5 Å². The van der Waals surface area contributed by atoms with Crippen LogP contribution in [0.1, 0.15) is 56.8 Å². The van der Waals surface area contributed by atoms with E-state index in [1.807, 2.05) is 6.92 Å². The number of carbonyl (C=O) groups excluding carboxylic acids is 3. The highest BCUT2D eigenvalue weighted by Crippen LogP contribution is 2.11. The molecule has 24 heavy (non-hydrogen) atoms. The molecule has 132 valence electrons. The van der Waals surface area contributed by atoms with Crippen molar-refractivity contribution >= 4 is 23.5 Å². The second-order valence-corrected chi connectivity index (χ2v) is 5.80. The minimum Gasteiger partial charge on any atom is -0.452 e. The molecular formula is C18H26N2O4. The molecule has 0 heterocycles. The maximum atomic E-state index is 12.0. The van der Waals surface area contributed by atoms with E-state index in [1.54, 1.807) is 18.2 Å². The van der Waals surface area contributed by atoms with Gasteiger partial charge < -0.3 is 15.4 Å². The summed E-state index contributed by atoms with van der Waals surface area (Å²) >= 11 is 0. The van der Waals surface area contributed by atoms with Crippen molar-refractivity contribution in [1.29, 1.82) is 0 Å². The molecule has 6 nitrogen and oxygen atoms in total. The van der Waals surface area contributed by atoms with Crippen LogP contribution >= 0.6 is 0 Å². The van der Waals surface area contributed by atoms with E-state index in [2.05, 4.69) is 17.6 Å². The van der Waals surface area contributed by atoms with Crippen LogP contribution in [0.3, 0.4) is 0 Å². The Balaban J connectivity index is 2.42. The van der Waals surface area contributed by atoms with E-state index < -0.39 is 5.97 Å². The fraction of sp³-hybridized carbons (Fsp3) is 0.500. The number of unbranched alkanes of at least 4 members (excludes halogenated alkanes) is 2. The number of nitrogens with one attached hydrogen (secondary N) is 2. The van der Waals surface area contributed by atoms with Gasteiger partial charge in [0.05, 0.1) is 5.56 Å². The summed E-state index contributed by atoms with van der Waals surface area (Å²) in [6, 6.07) is 6.44. The van der Waals surface area contributed by atoms with E-state index in [4.69, 9.17) is 4.74 Å². The number of benzene rings is 1. The van der Waals surface area contributed by atoms with Gasteiger partial charge in [0.1, 0.15) is 0 Å². The Morgan fingerprint density at radius 2 is 1.96 bits per heavy atom. The molecule has 0 radical (unpaired) electrons. The minimum absolute atomic E-state index is 0.0610. The first-order chi connectivity index (χ1) is 11.4. The molecule has 0 aliphatic carbocycles. The van der Waals surface area contributed by atoms with Crippen LogP contribution in [0, 0.1) is 0 Å². The Morgan fingerprint density at radius 1 is 1.21 bits per heavy atom. The highest BCUT2D eigenvalue weighted by atomic mass is 16.5. The predicted octanol–water partition coefficient (Wildman–Crippen LogP) is 2.89. The van der Waals surface area contributed by atoms with E-state index >= 15 is 0 Å². The van der Waals surface area contributed by atoms with Gasteiger partial charge in [-0.1, -0.05) is 32.3 Å². The lowest BCUT2D eigenvalue weighted by Gasteiger charge is -2.13. The van der Waals surface area contributed by atoms with Crippen LogP contribution in [-0.2, 0) is 14.3 Å². The number of anilines is 1. The smallest absolute Gasteiger partial charge is 0.338 e.